The van der Waals surface area contributed by atoms with E-state index >= 15 is 4.39 Å². The number of fused-ring (bicyclic) bond motifs is 4. The molecule has 7 nitrogen and oxygen atoms in total. The Morgan fingerprint density at radius 3 is 2.75 bits per heavy atom. The number of nitrogens with zero attached hydrogens (tertiary/aromatic N) is 2. The number of ether oxygens (including phenoxy) is 2. The summed E-state index contributed by atoms with van der Waals surface area (Å²) in [5.41, 5.74) is 9.96. The monoisotopic (exact) mass is 558 g/mol. The molecule has 0 aliphatic carbocycles. The van der Waals surface area contributed by atoms with E-state index in [1.165, 1.54) is 0 Å². The maximum atomic E-state index is 16.7. The van der Waals surface area contributed by atoms with Gasteiger partial charge in [0.05, 0.1) is 16.6 Å². The Kier molecular flexibility index (Phi) is 5.70. The van der Waals surface area contributed by atoms with Crippen LogP contribution in [0, 0.1) is 12.7 Å². The molecule has 0 unspecified atom stereocenters. The fraction of sp³-hybridized carbons (Fsp3) is 0.290. The first-order chi connectivity index (χ1) is 19.3. The summed E-state index contributed by atoms with van der Waals surface area (Å²) >= 11 is 6.98. The lowest BCUT2D eigenvalue weighted by Crippen LogP contribution is -2.48. The van der Waals surface area contributed by atoms with E-state index in [2.05, 4.69) is 22.5 Å². The second-order valence-electron chi connectivity index (χ2n) is 10.8. The Morgan fingerprint density at radius 2 is 2.02 bits per heavy atom. The Morgan fingerprint density at radius 1 is 1.23 bits per heavy atom. The van der Waals surface area contributed by atoms with Crippen LogP contribution in [0.25, 0.3) is 22.3 Å². The molecule has 0 radical (unpaired) electrons. The van der Waals surface area contributed by atoms with Gasteiger partial charge in [-0.2, -0.15) is 5.10 Å². The van der Waals surface area contributed by atoms with Crippen molar-refractivity contribution < 1.29 is 18.7 Å². The second-order valence-corrected chi connectivity index (χ2v) is 11.2. The minimum absolute atomic E-state index is 0.0301. The van der Waals surface area contributed by atoms with Gasteiger partial charge in [0.2, 0.25) is 5.91 Å². The molecule has 4 aromatic rings. The van der Waals surface area contributed by atoms with E-state index in [4.69, 9.17) is 26.8 Å². The van der Waals surface area contributed by atoms with Crippen LogP contribution in [0.15, 0.2) is 48.7 Å². The van der Waals surface area contributed by atoms with Crippen molar-refractivity contribution >= 4 is 17.5 Å². The van der Waals surface area contributed by atoms with Crippen LogP contribution in [0.1, 0.15) is 45.6 Å². The summed E-state index contributed by atoms with van der Waals surface area (Å²) in [7, 11) is 1.78. The maximum absolute atomic E-state index is 16.7. The van der Waals surface area contributed by atoms with Gasteiger partial charge in [0.1, 0.15) is 18.1 Å². The molecule has 2 atom stereocenters. The van der Waals surface area contributed by atoms with Gasteiger partial charge in [0, 0.05) is 47.5 Å². The number of benzene rings is 3. The number of aromatic nitrogens is 2. The molecule has 4 heterocycles. The van der Waals surface area contributed by atoms with E-state index in [1.54, 1.807) is 24.0 Å². The number of carbonyl (C=O) groups is 1. The van der Waals surface area contributed by atoms with E-state index in [0.29, 0.717) is 45.1 Å². The molecular weight excluding hydrogens is 531 g/mol. The zero-order valence-corrected chi connectivity index (χ0v) is 22.9. The Hall–Kier alpha value is -3.88. The lowest BCUT2D eigenvalue weighted by Gasteiger charge is -2.35. The highest BCUT2D eigenvalue weighted by molar-refractivity contribution is 6.34. The summed E-state index contributed by atoms with van der Waals surface area (Å²) in [5.74, 6) is -0.758. The summed E-state index contributed by atoms with van der Waals surface area (Å²) in [6.07, 6.45) is 4.20. The largest absolute Gasteiger partial charge is 0.483 e. The molecule has 3 aliphatic heterocycles. The third kappa shape index (κ3) is 3.59. The van der Waals surface area contributed by atoms with Crippen molar-refractivity contribution in [3.8, 4) is 33.8 Å². The first kappa shape index (κ1) is 25.1. The average molecular weight is 559 g/mol. The summed E-state index contributed by atoms with van der Waals surface area (Å²) < 4.78 is 31.1. The molecule has 1 amide bonds. The molecule has 7 rings (SSSR count). The van der Waals surface area contributed by atoms with Crippen molar-refractivity contribution in [1.82, 2.24) is 15.1 Å². The van der Waals surface area contributed by atoms with Gasteiger partial charge in [-0.3, -0.25) is 9.48 Å². The van der Waals surface area contributed by atoms with E-state index in [1.807, 2.05) is 31.2 Å². The second kappa shape index (κ2) is 9.08. The molecule has 0 saturated carbocycles. The molecule has 0 spiro atoms. The zero-order valence-electron chi connectivity index (χ0n) is 22.2. The molecular formula is C31H28ClFN4O3. The molecule has 9 heteroatoms. The van der Waals surface area contributed by atoms with E-state index < -0.39 is 17.3 Å². The van der Waals surface area contributed by atoms with Crippen molar-refractivity contribution in [2.24, 2.45) is 12.8 Å². The van der Waals surface area contributed by atoms with Gasteiger partial charge in [-0.25, -0.2) is 4.39 Å². The number of aryl methyl sites for hydroxylation is 2. The van der Waals surface area contributed by atoms with Crippen molar-refractivity contribution in [3.63, 3.8) is 0 Å². The van der Waals surface area contributed by atoms with Crippen LogP contribution < -0.4 is 20.5 Å². The summed E-state index contributed by atoms with van der Waals surface area (Å²) in [4.78, 5) is 12.9. The Labute approximate surface area is 236 Å². The third-order valence-corrected chi connectivity index (χ3v) is 8.90. The lowest BCUT2D eigenvalue weighted by molar-refractivity contribution is 0.0540. The number of nitrogens with one attached hydrogen (secondary N) is 1. The Bertz CT molecular complexity index is 1700. The topological polar surface area (TPSA) is 91.4 Å². The first-order valence-electron chi connectivity index (χ1n) is 13.4. The number of carbonyl (C=O) groups excluding carboxylic acids is 1. The summed E-state index contributed by atoms with van der Waals surface area (Å²) in [5, 5.41) is 8.37. The normalized spacial score (nSPS) is 20.9. The molecule has 1 fully saturated rings. The van der Waals surface area contributed by atoms with Crippen LogP contribution in [0.5, 0.6) is 11.5 Å². The highest BCUT2D eigenvalue weighted by Crippen LogP contribution is 2.54. The highest BCUT2D eigenvalue weighted by Gasteiger charge is 2.50. The van der Waals surface area contributed by atoms with Gasteiger partial charge in [0.25, 0.3) is 0 Å². The number of primary amides is 1. The Balaban J connectivity index is 1.47. The van der Waals surface area contributed by atoms with E-state index in [9.17, 15) is 4.79 Å². The molecule has 0 bridgehead atoms. The number of amides is 1. The summed E-state index contributed by atoms with van der Waals surface area (Å²) in [6.45, 7) is 2.86. The fourth-order valence-corrected chi connectivity index (χ4v) is 6.86. The number of hydrogen-bond acceptors (Lipinski definition) is 5. The van der Waals surface area contributed by atoms with Gasteiger partial charge in [-0.05, 0) is 49.6 Å². The minimum Gasteiger partial charge on any atom is -0.483 e. The SMILES string of the molecule is Cc1cc2c(c(-c3c(C(N)=O)cc4c(c3F)OCc3nn(C)cc3-4)c1Cl)C[C@](c1ccccc1)([C@@H]1CCCN1)O2. The lowest BCUT2D eigenvalue weighted by atomic mass is 9.79. The summed E-state index contributed by atoms with van der Waals surface area (Å²) in [6, 6.07) is 13.6. The predicted molar refractivity (Wildman–Crippen MR) is 150 cm³/mol. The first-order valence-corrected chi connectivity index (χ1v) is 13.8. The van der Waals surface area contributed by atoms with Crippen molar-refractivity contribution in [3.05, 3.63) is 87.4 Å². The van der Waals surface area contributed by atoms with Crippen molar-refractivity contribution in [2.45, 2.75) is 44.4 Å². The number of halogens is 2. The van der Waals surface area contributed by atoms with Gasteiger partial charge >= 0.3 is 0 Å². The van der Waals surface area contributed by atoms with Crippen LogP contribution >= 0.6 is 11.6 Å². The van der Waals surface area contributed by atoms with Crippen LogP contribution in [-0.2, 0) is 25.7 Å². The molecule has 3 aromatic carbocycles. The highest BCUT2D eigenvalue weighted by atomic mass is 35.5. The molecule has 1 saturated heterocycles. The van der Waals surface area contributed by atoms with Gasteiger partial charge in [-0.1, -0.05) is 41.9 Å². The van der Waals surface area contributed by atoms with Gasteiger partial charge in [-0.15, -0.1) is 0 Å². The van der Waals surface area contributed by atoms with Crippen LogP contribution in [-0.4, -0.2) is 28.3 Å². The quantitative estimate of drug-likeness (QED) is 0.348. The van der Waals surface area contributed by atoms with Crippen molar-refractivity contribution in [2.75, 3.05) is 6.54 Å². The average Bonchev–Trinajstić information content (AvgIpc) is 3.69. The van der Waals surface area contributed by atoms with Crippen molar-refractivity contribution in [1.29, 1.82) is 0 Å². The van der Waals surface area contributed by atoms with E-state index in [-0.39, 0.29) is 29.5 Å². The fourth-order valence-electron chi connectivity index (χ4n) is 6.60. The smallest absolute Gasteiger partial charge is 0.249 e. The number of rotatable bonds is 4. The van der Waals surface area contributed by atoms with Gasteiger partial charge in [0.15, 0.2) is 17.2 Å². The van der Waals surface area contributed by atoms with Crippen LogP contribution in [0.3, 0.4) is 0 Å². The van der Waals surface area contributed by atoms with E-state index in [0.717, 1.165) is 30.5 Å². The third-order valence-electron chi connectivity index (χ3n) is 8.42. The minimum atomic E-state index is -0.760. The van der Waals surface area contributed by atoms with Crippen LogP contribution in [0.4, 0.5) is 4.39 Å². The number of hydrogen-bond donors (Lipinski definition) is 2. The van der Waals surface area contributed by atoms with Crippen LogP contribution in [0.2, 0.25) is 5.02 Å². The molecule has 3 aliphatic rings. The molecule has 40 heavy (non-hydrogen) atoms. The van der Waals surface area contributed by atoms with Gasteiger partial charge < -0.3 is 20.5 Å². The number of nitrogens with two attached hydrogens (primary N) is 1. The standard InChI is InChI=1S/C31H28ClFN4O3/c1-16-11-23-20(13-31(40-23,24-9-6-10-35-24)17-7-4-3-5-8-17)25(27(16)32)26-19(30(34)38)12-18-21-14-37(2)36-22(21)15-39-29(18)28(26)33/h3-5,7-8,11-12,14,24,35H,6,9-10,13,15H2,1-2H3,(H2,34,38)/t24-,31-/m0/s1. The molecule has 3 N–H and O–H groups in total. The zero-order chi connectivity index (χ0) is 27.8. The maximum Gasteiger partial charge on any atom is 0.249 e. The molecule has 204 valence electrons. The molecule has 1 aromatic heterocycles. The predicted octanol–water partition coefficient (Wildman–Crippen LogP) is 5.43.